The Morgan fingerprint density at radius 1 is 1.80 bits per heavy atom. The minimum absolute atomic E-state index is 0.455. The Balaban J connectivity index is 2.35. The Morgan fingerprint density at radius 3 is 3.10 bits per heavy atom. The van der Waals surface area contributed by atoms with Crippen molar-refractivity contribution in [3.63, 3.8) is 0 Å². The first-order valence-electron chi connectivity index (χ1n) is 2.73. The fourth-order valence-corrected chi connectivity index (χ4v) is 1.16. The fraction of sp³-hybridized carbons (Fsp3) is 0.167. The molecule has 1 rings (SSSR count). The van der Waals surface area contributed by atoms with Gasteiger partial charge in [0.1, 0.15) is 10.1 Å². The number of furan rings is 1. The summed E-state index contributed by atoms with van der Waals surface area (Å²) in [5, 5.41) is 0. The molecule has 0 saturated carbocycles. The highest BCUT2D eigenvalue weighted by Gasteiger charge is 1.95. The van der Waals surface area contributed by atoms with Crippen molar-refractivity contribution in [1.82, 2.24) is 0 Å². The van der Waals surface area contributed by atoms with Crippen LogP contribution in [0.2, 0.25) is 0 Å². The van der Waals surface area contributed by atoms with Crippen LogP contribution in [-0.4, -0.2) is 4.32 Å². The molecule has 0 amide bonds. The van der Waals surface area contributed by atoms with Gasteiger partial charge in [0.15, 0.2) is 0 Å². The molecule has 0 spiro atoms. The van der Waals surface area contributed by atoms with E-state index in [-0.39, 0.29) is 0 Å². The van der Waals surface area contributed by atoms with Crippen LogP contribution < -0.4 is 5.73 Å². The van der Waals surface area contributed by atoms with Gasteiger partial charge in [-0.25, -0.2) is 0 Å². The highest BCUT2D eigenvalue weighted by molar-refractivity contribution is 8.22. The van der Waals surface area contributed by atoms with Gasteiger partial charge in [-0.05, 0) is 12.1 Å². The first-order valence-corrected chi connectivity index (χ1v) is 4.13. The molecule has 54 valence electrons. The first kappa shape index (κ1) is 7.63. The number of hydrogen-bond donors (Lipinski definition) is 1. The van der Waals surface area contributed by atoms with Crippen molar-refractivity contribution in [3.05, 3.63) is 24.2 Å². The average molecular weight is 173 g/mol. The van der Waals surface area contributed by atoms with Gasteiger partial charge in [-0.3, -0.25) is 0 Å². The predicted octanol–water partition coefficient (Wildman–Crippen LogP) is 1.76. The molecule has 1 aromatic rings. The highest BCUT2D eigenvalue weighted by atomic mass is 32.2. The molecule has 0 atom stereocenters. The summed E-state index contributed by atoms with van der Waals surface area (Å²) in [6, 6.07) is 3.74. The Morgan fingerprint density at radius 2 is 2.60 bits per heavy atom. The number of rotatable bonds is 2. The second-order valence-corrected chi connectivity index (χ2v) is 3.40. The largest absolute Gasteiger partial charge is 0.468 e. The molecule has 2 nitrogen and oxygen atoms in total. The van der Waals surface area contributed by atoms with E-state index in [1.807, 2.05) is 12.1 Å². The number of thiocarbonyl (C=S) groups is 1. The van der Waals surface area contributed by atoms with Crippen LogP contribution in [-0.2, 0) is 5.75 Å². The summed E-state index contributed by atoms with van der Waals surface area (Å²) < 4.78 is 5.50. The zero-order valence-electron chi connectivity index (χ0n) is 5.24. The van der Waals surface area contributed by atoms with E-state index in [0.29, 0.717) is 4.32 Å². The Kier molecular flexibility index (Phi) is 2.77. The van der Waals surface area contributed by atoms with Crippen LogP contribution in [0.4, 0.5) is 0 Å². The zero-order chi connectivity index (χ0) is 7.40. The van der Waals surface area contributed by atoms with Crippen LogP contribution in [0.15, 0.2) is 22.8 Å². The average Bonchev–Trinajstić information content (AvgIpc) is 2.34. The molecule has 0 radical (unpaired) electrons. The van der Waals surface area contributed by atoms with E-state index in [0.717, 1.165) is 11.5 Å². The van der Waals surface area contributed by atoms with Gasteiger partial charge in [0.05, 0.1) is 12.0 Å². The van der Waals surface area contributed by atoms with Gasteiger partial charge in [-0.15, -0.1) is 0 Å². The third-order valence-electron chi connectivity index (χ3n) is 0.937. The lowest BCUT2D eigenvalue weighted by Gasteiger charge is -1.92. The molecule has 0 bridgehead atoms. The smallest absolute Gasteiger partial charge is 0.131 e. The molecule has 0 fully saturated rings. The van der Waals surface area contributed by atoms with Crippen molar-refractivity contribution in [2.75, 3.05) is 0 Å². The van der Waals surface area contributed by atoms with Gasteiger partial charge >= 0.3 is 0 Å². The first-order chi connectivity index (χ1) is 4.79. The molecule has 1 aromatic heterocycles. The van der Waals surface area contributed by atoms with Crippen LogP contribution in [0.1, 0.15) is 5.76 Å². The van der Waals surface area contributed by atoms with E-state index < -0.39 is 0 Å². The van der Waals surface area contributed by atoms with Gasteiger partial charge < -0.3 is 10.2 Å². The molecular formula is C6H7NOS2. The van der Waals surface area contributed by atoms with Crippen molar-refractivity contribution < 1.29 is 4.42 Å². The molecule has 1 heterocycles. The summed E-state index contributed by atoms with van der Waals surface area (Å²) >= 11 is 6.07. The van der Waals surface area contributed by atoms with E-state index in [1.165, 1.54) is 11.8 Å². The van der Waals surface area contributed by atoms with E-state index in [9.17, 15) is 0 Å². The van der Waals surface area contributed by atoms with Crippen molar-refractivity contribution in [3.8, 4) is 0 Å². The minimum atomic E-state index is 0.455. The molecule has 10 heavy (non-hydrogen) atoms. The second kappa shape index (κ2) is 3.63. The number of nitrogens with two attached hydrogens (primary N) is 1. The quantitative estimate of drug-likeness (QED) is 0.692. The lowest BCUT2D eigenvalue weighted by atomic mass is 10.5. The molecule has 0 aliphatic rings. The fourth-order valence-electron chi connectivity index (χ4n) is 0.537. The molecule has 0 aromatic carbocycles. The summed E-state index contributed by atoms with van der Waals surface area (Å²) in [6.07, 6.45) is 1.63. The van der Waals surface area contributed by atoms with Crippen LogP contribution in [0.25, 0.3) is 0 Å². The Labute approximate surface area is 68.8 Å². The molecule has 4 heteroatoms. The monoisotopic (exact) mass is 173 g/mol. The van der Waals surface area contributed by atoms with Gasteiger partial charge in [-0.1, -0.05) is 24.0 Å². The van der Waals surface area contributed by atoms with Crippen LogP contribution in [0.5, 0.6) is 0 Å². The van der Waals surface area contributed by atoms with Crippen molar-refractivity contribution in [2.24, 2.45) is 5.73 Å². The minimum Gasteiger partial charge on any atom is -0.468 e. The lowest BCUT2D eigenvalue weighted by molar-refractivity contribution is 0.530. The number of thioether (sulfide) groups is 1. The third-order valence-corrected chi connectivity index (χ3v) is 2.00. The molecule has 2 N–H and O–H groups in total. The highest BCUT2D eigenvalue weighted by Crippen LogP contribution is 2.11. The van der Waals surface area contributed by atoms with Crippen molar-refractivity contribution in [1.29, 1.82) is 0 Å². The van der Waals surface area contributed by atoms with Crippen molar-refractivity contribution >= 4 is 28.3 Å². The van der Waals surface area contributed by atoms with Crippen LogP contribution in [0.3, 0.4) is 0 Å². The number of hydrogen-bond acceptors (Lipinski definition) is 3. The standard InChI is InChI=1S/C6H7NOS2/c7-6(9)10-4-5-2-1-3-8-5/h1-3H,4H2,(H2,7,9). The molecule has 0 unspecified atom stereocenters. The van der Waals surface area contributed by atoms with E-state index in [4.69, 9.17) is 10.2 Å². The molecular weight excluding hydrogens is 166 g/mol. The second-order valence-electron chi connectivity index (χ2n) is 1.69. The van der Waals surface area contributed by atoms with Crippen LogP contribution in [0, 0.1) is 0 Å². The summed E-state index contributed by atoms with van der Waals surface area (Å²) in [5.74, 6) is 1.63. The molecule has 0 aliphatic heterocycles. The van der Waals surface area contributed by atoms with Gasteiger partial charge in [0.2, 0.25) is 0 Å². The maximum Gasteiger partial charge on any atom is 0.131 e. The van der Waals surface area contributed by atoms with E-state index in [1.54, 1.807) is 6.26 Å². The third kappa shape index (κ3) is 2.41. The summed E-state index contributed by atoms with van der Waals surface area (Å²) in [4.78, 5) is 0. The lowest BCUT2D eigenvalue weighted by Crippen LogP contribution is -2.01. The van der Waals surface area contributed by atoms with E-state index >= 15 is 0 Å². The van der Waals surface area contributed by atoms with Gasteiger partial charge in [0.25, 0.3) is 0 Å². The van der Waals surface area contributed by atoms with Gasteiger partial charge in [-0.2, -0.15) is 0 Å². The Bertz CT molecular complexity index is 208. The summed E-state index contributed by atoms with van der Waals surface area (Å²) in [7, 11) is 0. The van der Waals surface area contributed by atoms with E-state index in [2.05, 4.69) is 12.2 Å². The normalized spacial score (nSPS) is 9.60. The predicted molar refractivity (Wildman–Crippen MR) is 46.8 cm³/mol. The Hall–Kier alpha value is -0.480. The summed E-state index contributed by atoms with van der Waals surface area (Å²) in [5.41, 5.74) is 5.26. The van der Waals surface area contributed by atoms with Crippen LogP contribution >= 0.6 is 24.0 Å². The van der Waals surface area contributed by atoms with Gasteiger partial charge in [0, 0.05) is 0 Å². The zero-order valence-corrected chi connectivity index (χ0v) is 6.87. The SMILES string of the molecule is NC(=S)SCc1ccco1. The summed E-state index contributed by atoms with van der Waals surface area (Å²) in [6.45, 7) is 0. The molecule has 0 saturated heterocycles. The maximum absolute atomic E-state index is 5.26. The molecule has 0 aliphatic carbocycles. The topological polar surface area (TPSA) is 39.2 Å². The van der Waals surface area contributed by atoms with Crippen molar-refractivity contribution in [2.45, 2.75) is 5.75 Å². The maximum atomic E-state index is 5.26.